The van der Waals surface area contributed by atoms with Gasteiger partial charge < -0.3 is 5.21 Å². The van der Waals surface area contributed by atoms with Crippen LogP contribution in [0, 0.1) is 0 Å². The summed E-state index contributed by atoms with van der Waals surface area (Å²) >= 11 is 1.45. The Labute approximate surface area is 56.7 Å². The van der Waals surface area contributed by atoms with Crippen LogP contribution in [0.3, 0.4) is 0 Å². The molecule has 0 aromatic carbocycles. The maximum Gasteiger partial charge on any atom is 0.0952 e. The summed E-state index contributed by atoms with van der Waals surface area (Å²) in [6, 6.07) is 0. The highest BCUT2D eigenvalue weighted by atomic mass is 32.1. The van der Waals surface area contributed by atoms with Crippen LogP contribution < -0.4 is 0 Å². The van der Waals surface area contributed by atoms with Crippen LogP contribution in [-0.2, 0) is 0 Å². The van der Waals surface area contributed by atoms with Gasteiger partial charge in [-0.2, -0.15) is 0 Å². The summed E-state index contributed by atoms with van der Waals surface area (Å²) in [4.78, 5) is 4.72. The van der Waals surface area contributed by atoms with Crippen LogP contribution in [0.1, 0.15) is 11.8 Å². The lowest BCUT2D eigenvalue weighted by atomic mass is 10.4. The van der Waals surface area contributed by atoms with E-state index in [1.165, 1.54) is 11.3 Å². The average Bonchev–Trinajstić information content (AvgIpc) is 2.37. The first-order valence-electron chi connectivity index (χ1n) is 2.42. The first kappa shape index (κ1) is 6.22. The van der Waals surface area contributed by atoms with Gasteiger partial charge in [-0.05, 0) is 6.92 Å². The first-order valence-corrected chi connectivity index (χ1v) is 3.30. The van der Waals surface area contributed by atoms with Crippen molar-refractivity contribution in [1.82, 2.24) is 4.98 Å². The molecule has 9 heavy (non-hydrogen) atoms. The fourth-order valence-corrected chi connectivity index (χ4v) is 1.01. The summed E-state index contributed by atoms with van der Waals surface area (Å²) in [7, 11) is 0. The molecular formula is C5H6N2OS. The van der Waals surface area contributed by atoms with E-state index in [2.05, 4.69) is 10.1 Å². The molecule has 0 radical (unpaired) electrons. The second kappa shape index (κ2) is 2.59. The number of aromatic nitrogens is 1. The lowest BCUT2D eigenvalue weighted by Gasteiger charge is -1.85. The number of nitrogens with zero attached hydrogens (tertiary/aromatic N) is 2. The molecule has 0 aliphatic rings. The summed E-state index contributed by atoms with van der Waals surface area (Å²) < 4.78 is 0. The zero-order chi connectivity index (χ0) is 6.69. The molecule has 0 atom stereocenters. The van der Waals surface area contributed by atoms with Crippen molar-refractivity contribution in [3.05, 3.63) is 16.6 Å². The number of rotatable bonds is 1. The van der Waals surface area contributed by atoms with Crippen LogP contribution in [0.15, 0.2) is 16.9 Å². The van der Waals surface area contributed by atoms with Gasteiger partial charge in [-0.3, -0.25) is 4.98 Å². The van der Waals surface area contributed by atoms with Gasteiger partial charge in [0, 0.05) is 6.20 Å². The van der Waals surface area contributed by atoms with E-state index in [4.69, 9.17) is 5.21 Å². The molecule has 0 aliphatic heterocycles. The number of hydrogen-bond acceptors (Lipinski definition) is 4. The van der Waals surface area contributed by atoms with E-state index in [-0.39, 0.29) is 0 Å². The van der Waals surface area contributed by atoms with E-state index in [0.717, 1.165) is 4.88 Å². The van der Waals surface area contributed by atoms with Gasteiger partial charge in [0.2, 0.25) is 0 Å². The fourth-order valence-electron chi connectivity index (χ4n) is 0.444. The van der Waals surface area contributed by atoms with E-state index < -0.39 is 0 Å². The van der Waals surface area contributed by atoms with Crippen LogP contribution in [0.25, 0.3) is 0 Å². The average molecular weight is 142 g/mol. The van der Waals surface area contributed by atoms with Crippen molar-refractivity contribution in [2.24, 2.45) is 5.16 Å². The van der Waals surface area contributed by atoms with E-state index in [9.17, 15) is 0 Å². The standard InChI is InChI=1S/C5H6N2OS/c1-4(7-8)5-2-6-3-9-5/h2-3,8H,1H3/b7-4+. The molecule has 1 rings (SSSR count). The van der Waals surface area contributed by atoms with Gasteiger partial charge >= 0.3 is 0 Å². The highest BCUT2D eigenvalue weighted by molar-refractivity contribution is 7.11. The lowest BCUT2D eigenvalue weighted by Crippen LogP contribution is -1.88. The monoisotopic (exact) mass is 142 g/mol. The van der Waals surface area contributed by atoms with Gasteiger partial charge in [0.05, 0.1) is 16.1 Å². The Kier molecular flexibility index (Phi) is 1.79. The highest BCUT2D eigenvalue weighted by Crippen LogP contribution is 2.05. The van der Waals surface area contributed by atoms with Gasteiger partial charge in [-0.15, -0.1) is 11.3 Å². The Morgan fingerprint density at radius 1 is 1.89 bits per heavy atom. The Morgan fingerprint density at radius 2 is 2.67 bits per heavy atom. The number of hydrogen-bond donors (Lipinski definition) is 1. The van der Waals surface area contributed by atoms with Crippen LogP contribution in [-0.4, -0.2) is 15.9 Å². The van der Waals surface area contributed by atoms with Gasteiger partial charge in [-0.1, -0.05) is 5.16 Å². The van der Waals surface area contributed by atoms with Crippen molar-refractivity contribution in [3.8, 4) is 0 Å². The smallest absolute Gasteiger partial charge is 0.0952 e. The fraction of sp³-hybridized carbons (Fsp3) is 0.200. The Hall–Kier alpha value is -0.900. The second-order valence-corrected chi connectivity index (χ2v) is 2.44. The second-order valence-electron chi connectivity index (χ2n) is 1.55. The molecule has 4 heteroatoms. The van der Waals surface area contributed by atoms with Crippen molar-refractivity contribution in [2.75, 3.05) is 0 Å². The van der Waals surface area contributed by atoms with Crippen LogP contribution >= 0.6 is 11.3 Å². The molecule has 1 aromatic rings. The van der Waals surface area contributed by atoms with E-state index in [1.807, 2.05) is 0 Å². The molecule has 0 bridgehead atoms. The van der Waals surface area contributed by atoms with E-state index in [1.54, 1.807) is 18.6 Å². The predicted octanol–water partition coefficient (Wildman–Crippen LogP) is 1.34. The van der Waals surface area contributed by atoms with Gasteiger partial charge in [-0.25, -0.2) is 0 Å². The van der Waals surface area contributed by atoms with Crippen molar-refractivity contribution < 1.29 is 5.21 Å². The summed E-state index contributed by atoms with van der Waals surface area (Å²) in [5.74, 6) is 0. The molecular weight excluding hydrogens is 136 g/mol. The highest BCUT2D eigenvalue weighted by Gasteiger charge is 1.96. The molecule has 0 saturated heterocycles. The number of oxime groups is 1. The molecule has 0 aliphatic carbocycles. The predicted molar refractivity (Wildman–Crippen MR) is 36.1 cm³/mol. The molecule has 0 fully saturated rings. The minimum atomic E-state index is 0.609. The van der Waals surface area contributed by atoms with Crippen LogP contribution in [0.2, 0.25) is 0 Å². The zero-order valence-corrected chi connectivity index (χ0v) is 5.72. The van der Waals surface area contributed by atoms with Crippen molar-refractivity contribution in [2.45, 2.75) is 6.92 Å². The number of thiazole rings is 1. The SMILES string of the molecule is C/C(=N\O)c1cncs1. The topological polar surface area (TPSA) is 45.5 Å². The molecule has 48 valence electrons. The molecule has 3 nitrogen and oxygen atoms in total. The largest absolute Gasteiger partial charge is 0.411 e. The first-order chi connectivity index (χ1) is 4.34. The van der Waals surface area contributed by atoms with E-state index >= 15 is 0 Å². The normalized spacial score (nSPS) is 11.9. The van der Waals surface area contributed by atoms with Crippen molar-refractivity contribution in [1.29, 1.82) is 0 Å². The summed E-state index contributed by atoms with van der Waals surface area (Å²) in [5, 5.41) is 11.3. The maximum absolute atomic E-state index is 8.27. The molecule has 1 N–H and O–H groups in total. The molecule has 0 spiro atoms. The quantitative estimate of drug-likeness (QED) is 0.365. The summed E-state index contributed by atoms with van der Waals surface area (Å²) in [6.07, 6.45) is 1.67. The van der Waals surface area contributed by atoms with Gasteiger partial charge in [0.25, 0.3) is 0 Å². The van der Waals surface area contributed by atoms with Crippen LogP contribution in [0.5, 0.6) is 0 Å². The zero-order valence-electron chi connectivity index (χ0n) is 4.90. The van der Waals surface area contributed by atoms with Crippen LogP contribution in [0.4, 0.5) is 0 Å². The Morgan fingerprint density at radius 3 is 3.11 bits per heavy atom. The summed E-state index contributed by atoms with van der Waals surface area (Å²) in [6.45, 7) is 1.73. The third-order valence-corrected chi connectivity index (χ3v) is 1.82. The summed E-state index contributed by atoms with van der Waals surface area (Å²) in [5.41, 5.74) is 2.31. The third-order valence-electron chi connectivity index (χ3n) is 0.939. The molecule has 1 heterocycles. The molecule has 0 saturated carbocycles. The Balaban J connectivity index is 2.90. The van der Waals surface area contributed by atoms with Crippen molar-refractivity contribution in [3.63, 3.8) is 0 Å². The van der Waals surface area contributed by atoms with Gasteiger partial charge in [0.1, 0.15) is 0 Å². The minimum Gasteiger partial charge on any atom is -0.411 e. The third kappa shape index (κ3) is 1.26. The van der Waals surface area contributed by atoms with E-state index in [0.29, 0.717) is 5.71 Å². The molecule has 1 aromatic heterocycles. The lowest BCUT2D eigenvalue weighted by molar-refractivity contribution is 0.319. The molecule has 0 amide bonds. The Bertz CT molecular complexity index is 205. The molecule has 0 unspecified atom stereocenters. The maximum atomic E-state index is 8.27. The van der Waals surface area contributed by atoms with Crippen molar-refractivity contribution >= 4 is 17.0 Å². The minimum absolute atomic E-state index is 0.609. The van der Waals surface area contributed by atoms with Gasteiger partial charge in [0.15, 0.2) is 0 Å².